The molecular formula is C12H17NO3. The highest BCUT2D eigenvalue weighted by molar-refractivity contribution is 5.42. The zero-order valence-corrected chi connectivity index (χ0v) is 9.66. The lowest BCUT2D eigenvalue weighted by Crippen LogP contribution is -2.34. The summed E-state index contributed by atoms with van der Waals surface area (Å²) in [6.07, 6.45) is 0. The van der Waals surface area contributed by atoms with E-state index >= 15 is 0 Å². The normalized spacial score (nSPS) is 20.5. The predicted octanol–water partition coefficient (Wildman–Crippen LogP) is 1.36. The van der Waals surface area contributed by atoms with Crippen molar-refractivity contribution in [2.24, 2.45) is 0 Å². The maximum Gasteiger partial charge on any atom is 0.123 e. The third-order valence-corrected chi connectivity index (χ3v) is 2.73. The Hall–Kier alpha value is -1.26. The molecule has 1 heterocycles. The molecule has 4 nitrogen and oxygen atoms in total. The van der Waals surface area contributed by atoms with Gasteiger partial charge in [0.05, 0.1) is 33.5 Å². The number of hydrogen-bond acceptors (Lipinski definition) is 4. The van der Waals surface area contributed by atoms with E-state index in [4.69, 9.17) is 14.2 Å². The van der Waals surface area contributed by atoms with Crippen LogP contribution in [0.1, 0.15) is 11.6 Å². The highest BCUT2D eigenvalue weighted by Gasteiger charge is 2.19. The first-order valence-corrected chi connectivity index (χ1v) is 5.38. The summed E-state index contributed by atoms with van der Waals surface area (Å²) in [5.41, 5.74) is 1.08. The van der Waals surface area contributed by atoms with Gasteiger partial charge in [0.1, 0.15) is 11.5 Å². The molecule has 1 N–H and O–H groups in total. The Morgan fingerprint density at radius 2 is 2.19 bits per heavy atom. The lowest BCUT2D eigenvalue weighted by atomic mass is 10.1. The van der Waals surface area contributed by atoms with E-state index in [9.17, 15) is 0 Å². The Morgan fingerprint density at radius 3 is 2.81 bits per heavy atom. The number of morpholine rings is 1. The average molecular weight is 223 g/mol. The van der Waals surface area contributed by atoms with Crippen molar-refractivity contribution in [2.45, 2.75) is 6.04 Å². The van der Waals surface area contributed by atoms with E-state index in [1.165, 1.54) is 0 Å². The molecule has 1 aliphatic rings. The monoisotopic (exact) mass is 223 g/mol. The van der Waals surface area contributed by atoms with Crippen LogP contribution in [-0.2, 0) is 4.74 Å². The number of nitrogens with one attached hydrogen (secondary N) is 1. The van der Waals surface area contributed by atoms with Gasteiger partial charge in [0.25, 0.3) is 0 Å². The minimum absolute atomic E-state index is 0.179. The molecule has 0 bridgehead atoms. The minimum Gasteiger partial charge on any atom is -0.497 e. The number of hydrogen-bond donors (Lipinski definition) is 1. The summed E-state index contributed by atoms with van der Waals surface area (Å²) in [6, 6.07) is 5.99. The Kier molecular flexibility index (Phi) is 3.64. The standard InChI is InChI=1S/C12H17NO3/c1-14-9-3-4-12(15-2)10(7-9)11-8-16-6-5-13-11/h3-4,7,11,13H,5-6,8H2,1-2H3/t11-/m1/s1. The molecule has 0 radical (unpaired) electrons. The molecule has 0 aliphatic carbocycles. The van der Waals surface area contributed by atoms with Gasteiger partial charge in [0.2, 0.25) is 0 Å². The topological polar surface area (TPSA) is 39.7 Å². The molecule has 0 aromatic heterocycles. The second-order valence-corrected chi connectivity index (χ2v) is 3.69. The van der Waals surface area contributed by atoms with E-state index in [-0.39, 0.29) is 6.04 Å². The van der Waals surface area contributed by atoms with Crippen LogP contribution in [-0.4, -0.2) is 34.0 Å². The van der Waals surface area contributed by atoms with Gasteiger partial charge in [-0.1, -0.05) is 0 Å². The summed E-state index contributed by atoms with van der Waals surface area (Å²) < 4.78 is 16.0. The highest BCUT2D eigenvalue weighted by atomic mass is 16.5. The summed E-state index contributed by atoms with van der Waals surface area (Å²) in [5, 5.41) is 3.40. The molecule has 1 fully saturated rings. The van der Waals surface area contributed by atoms with Crippen molar-refractivity contribution in [1.82, 2.24) is 5.32 Å². The molecule has 0 saturated carbocycles. The van der Waals surface area contributed by atoms with Crippen LogP contribution in [0.5, 0.6) is 11.5 Å². The Balaban J connectivity index is 2.27. The van der Waals surface area contributed by atoms with Crippen LogP contribution < -0.4 is 14.8 Å². The molecule has 1 aliphatic heterocycles. The zero-order valence-electron chi connectivity index (χ0n) is 9.66. The molecule has 0 spiro atoms. The van der Waals surface area contributed by atoms with Crippen molar-refractivity contribution in [1.29, 1.82) is 0 Å². The molecule has 2 rings (SSSR count). The van der Waals surface area contributed by atoms with Gasteiger partial charge in [0, 0.05) is 12.1 Å². The summed E-state index contributed by atoms with van der Waals surface area (Å²) in [6.45, 7) is 2.30. The van der Waals surface area contributed by atoms with Crippen molar-refractivity contribution in [2.75, 3.05) is 34.0 Å². The molecule has 1 saturated heterocycles. The summed E-state index contributed by atoms with van der Waals surface area (Å²) in [7, 11) is 3.34. The fourth-order valence-corrected chi connectivity index (χ4v) is 1.88. The van der Waals surface area contributed by atoms with E-state index in [2.05, 4.69) is 5.32 Å². The SMILES string of the molecule is COc1ccc(OC)c([C@H]2COCCN2)c1. The molecule has 4 heteroatoms. The van der Waals surface area contributed by atoms with Crippen molar-refractivity contribution >= 4 is 0 Å². The van der Waals surface area contributed by atoms with Crippen molar-refractivity contribution < 1.29 is 14.2 Å². The van der Waals surface area contributed by atoms with Crippen LogP contribution in [0.15, 0.2) is 18.2 Å². The van der Waals surface area contributed by atoms with Crippen LogP contribution in [0.3, 0.4) is 0 Å². The van der Waals surface area contributed by atoms with Crippen LogP contribution in [0.4, 0.5) is 0 Å². The van der Waals surface area contributed by atoms with Crippen LogP contribution in [0.2, 0.25) is 0 Å². The maximum absolute atomic E-state index is 5.45. The summed E-state index contributed by atoms with van der Waals surface area (Å²) in [4.78, 5) is 0. The molecule has 1 aromatic rings. The Bertz CT molecular complexity index is 348. The van der Waals surface area contributed by atoms with E-state index < -0.39 is 0 Å². The second-order valence-electron chi connectivity index (χ2n) is 3.69. The van der Waals surface area contributed by atoms with Crippen molar-refractivity contribution in [3.05, 3.63) is 23.8 Å². The first-order chi connectivity index (χ1) is 7.85. The molecule has 0 unspecified atom stereocenters. The van der Waals surface area contributed by atoms with Crippen molar-refractivity contribution in [3.63, 3.8) is 0 Å². The van der Waals surface area contributed by atoms with Gasteiger partial charge in [0.15, 0.2) is 0 Å². The smallest absolute Gasteiger partial charge is 0.123 e. The van der Waals surface area contributed by atoms with E-state index in [1.807, 2.05) is 18.2 Å². The third kappa shape index (κ3) is 2.28. The van der Waals surface area contributed by atoms with Gasteiger partial charge in [-0.2, -0.15) is 0 Å². The van der Waals surface area contributed by atoms with Crippen LogP contribution in [0.25, 0.3) is 0 Å². The van der Waals surface area contributed by atoms with E-state index in [0.29, 0.717) is 6.61 Å². The van der Waals surface area contributed by atoms with Gasteiger partial charge in [-0.3, -0.25) is 0 Å². The van der Waals surface area contributed by atoms with E-state index in [0.717, 1.165) is 30.2 Å². The predicted molar refractivity (Wildman–Crippen MR) is 61.1 cm³/mol. The van der Waals surface area contributed by atoms with Gasteiger partial charge < -0.3 is 19.5 Å². The third-order valence-electron chi connectivity index (χ3n) is 2.73. The average Bonchev–Trinajstić information content (AvgIpc) is 2.39. The molecule has 1 aromatic carbocycles. The molecule has 16 heavy (non-hydrogen) atoms. The lowest BCUT2D eigenvalue weighted by molar-refractivity contribution is 0.0760. The minimum atomic E-state index is 0.179. The van der Waals surface area contributed by atoms with Crippen molar-refractivity contribution in [3.8, 4) is 11.5 Å². The largest absolute Gasteiger partial charge is 0.497 e. The summed E-state index contributed by atoms with van der Waals surface area (Å²) in [5.74, 6) is 1.70. The maximum atomic E-state index is 5.45. The Labute approximate surface area is 95.5 Å². The van der Waals surface area contributed by atoms with Crippen LogP contribution in [0, 0.1) is 0 Å². The molecule has 88 valence electrons. The van der Waals surface area contributed by atoms with E-state index in [1.54, 1.807) is 14.2 Å². The quantitative estimate of drug-likeness (QED) is 0.840. The van der Waals surface area contributed by atoms with Gasteiger partial charge in [-0.05, 0) is 18.2 Å². The fraction of sp³-hybridized carbons (Fsp3) is 0.500. The number of ether oxygens (including phenoxy) is 3. The first kappa shape index (κ1) is 11.2. The van der Waals surface area contributed by atoms with Crippen LogP contribution >= 0.6 is 0 Å². The molecule has 1 atom stereocenters. The number of benzene rings is 1. The zero-order chi connectivity index (χ0) is 11.4. The molecular weight excluding hydrogens is 206 g/mol. The number of rotatable bonds is 3. The van der Waals surface area contributed by atoms with Gasteiger partial charge in [-0.25, -0.2) is 0 Å². The first-order valence-electron chi connectivity index (χ1n) is 5.38. The lowest BCUT2D eigenvalue weighted by Gasteiger charge is -2.25. The van der Waals surface area contributed by atoms with Gasteiger partial charge in [-0.15, -0.1) is 0 Å². The molecule has 0 amide bonds. The number of methoxy groups -OCH3 is 2. The fourth-order valence-electron chi connectivity index (χ4n) is 1.88. The highest BCUT2D eigenvalue weighted by Crippen LogP contribution is 2.30. The summed E-state index contributed by atoms with van der Waals surface area (Å²) >= 11 is 0. The second kappa shape index (κ2) is 5.18. The van der Waals surface area contributed by atoms with Gasteiger partial charge >= 0.3 is 0 Å². The Morgan fingerprint density at radius 1 is 1.31 bits per heavy atom.